The summed E-state index contributed by atoms with van der Waals surface area (Å²) >= 11 is 5.90. The molecule has 2 heteroatoms. The van der Waals surface area contributed by atoms with Gasteiger partial charge in [0, 0.05) is 12.4 Å². The monoisotopic (exact) mass is 217 g/mol. The average Bonchev–Trinajstić information content (AvgIpc) is 2.98. The lowest BCUT2D eigenvalue weighted by atomic mass is 10.1. The van der Waals surface area contributed by atoms with E-state index in [0.29, 0.717) is 5.41 Å². The van der Waals surface area contributed by atoms with Gasteiger partial charge in [-0.2, -0.15) is 0 Å². The zero-order valence-corrected chi connectivity index (χ0v) is 10.2. The summed E-state index contributed by atoms with van der Waals surface area (Å²) in [5.74, 6) is 0.843. The van der Waals surface area contributed by atoms with Gasteiger partial charge in [0.15, 0.2) is 0 Å². The minimum absolute atomic E-state index is 0.491. The van der Waals surface area contributed by atoms with Gasteiger partial charge in [-0.05, 0) is 31.2 Å². The first kappa shape index (κ1) is 12.3. The summed E-state index contributed by atoms with van der Waals surface area (Å²) in [6, 6.07) is 0. The predicted molar refractivity (Wildman–Crippen MR) is 64.0 cm³/mol. The Balaban J connectivity index is 1.80. The van der Waals surface area contributed by atoms with Crippen LogP contribution in [0.3, 0.4) is 0 Å². The average molecular weight is 218 g/mol. The van der Waals surface area contributed by atoms with Crippen LogP contribution in [0.4, 0.5) is 0 Å². The lowest BCUT2D eigenvalue weighted by Crippen LogP contribution is -2.25. The summed E-state index contributed by atoms with van der Waals surface area (Å²) in [6.07, 6.45) is 9.51. The quantitative estimate of drug-likeness (QED) is 0.460. The van der Waals surface area contributed by atoms with E-state index in [1.807, 2.05) is 0 Å². The van der Waals surface area contributed by atoms with Crippen molar-refractivity contribution < 1.29 is 0 Å². The van der Waals surface area contributed by atoms with Gasteiger partial charge in [-0.3, -0.25) is 0 Å². The van der Waals surface area contributed by atoms with E-state index in [1.165, 1.54) is 51.5 Å². The highest BCUT2D eigenvalue weighted by Gasteiger charge is 2.40. The first-order valence-electron chi connectivity index (χ1n) is 6.10. The van der Waals surface area contributed by atoms with Crippen molar-refractivity contribution in [2.75, 3.05) is 19.0 Å². The maximum Gasteiger partial charge on any atom is 0.0292 e. The molecule has 0 saturated heterocycles. The summed E-state index contributed by atoms with van der Waals surface area (Å²) < 4.78 is 0. The third-order valence-corrected chi connectivity index (χ3v) is 3.76. The first-order valence-corrected chi connectivity index (χ1v) is 6.63. The maximum absolute atomic E-state index is 5.90. The molecule has 1 rings (SSSR count). The lowest BCUT2D eigenvalue weighted by molar-refractivity contribution is 0.490. The molecule has 0 amide bonds. The van der Waals surface area contributed by atoms with Gasteiger partial charge < -0.3 is 5.32 Å². The second kappa shape index (κ2) is 6.68. The zero-order valence-electron chi connectivity index (χ0n) is 9.45. The van der Waals surface area contributed by atoms with E-state index in [2.05, 4.69) is 12.2 Å². The van der Waals surface area contributed by atoms with Crippen LogP contribution < -0.4 is 5.32 Å². The molecule has 0 heterocycles. The molecular weight excluding hydrogens is 194 g/mol. The molecule has 0 aliphatic heterocycles. The van der Waals surface area contributed by atoms with Crippen molar-refractivity contribution in [2.24, 2.45) is 5.41 Å². The Kier molecular flexibility index (Phi) is 5.88. The van der Waals surface area contributed by atoms with Gasteiger partial charge in [0.25, 0.3) is 0 Å². The van der Waals surface area contributed by atoms with E-state index in [0.717, 1.165) is 12.4 Å². The Labute approximate surface area is 93.6 Å². The van der Waals surface area contributed by atoms with Crippen molar-refractivity contribution in [1.29, 1.82) is 0 Å². The Morgan fingerprint density at radius 2 is 1.86 bits per heavy atom. The van der Waals surface area contributed by atoms with Crippen LogP contribution in [0.25, 0.3) is 0 Å². The second-order valence-electron chi connectivity index (χ2n) is 4.72. The predicted octanol–water partition coefficient (Wildman–Crippen LogP) is 3.57. The minimum Gasteiger partial charge on any atom is -0.316 e. The molecule has 1 N–H and O–H groups in total. The largest absolute Gasteiger partial charge is 0.316 e. The summed E-state index contributed by atoms with van der Waals surface area (Å²) in [5.41, 5.74) is 0.491. The number of alkyl halides is 1. The van der Waals surface area contributed by atoms with Crippen LogP contribution in [0.1, 0.15) is 51.9 Å². The van der Waals surface area contributed by atoms with Crippen molar-refractivity contribution in [3.63, 3.8) is 0 Å². The Morgan fingerprint density at radius 1 is 1.14 bits per heavy atom. The smallest absolute Gasteiger partial charge is 0.0292 e. The molecule has 1 fully saturated rings. The fourth-order valence-electron chi connectivity index (χ4n) is 1.74. The standard InChI is InChI=1S/C12H24ClN/c1-2-3-4-5-6-9-14-11-12(10-13)7-8-12/h14H,2-11H2,1H3. The van der Waals surface area contributed by atoms with E-state index in [9.17, 15) is 0 Å². The third-order valence-electron chi connectivity index (χ3n) is 3.20. The molecule has 84 valence electrons. The van der Waals surface area contributed by atoms with Gasteiger partial charge in [-0.15, -0.1) is 11.6 Å². The second-order valence-corrected chi connectivity index (χ2v) is 4.99. The molecule has 0 aromatic carbocycles. The summed E-state index contributed by atoms with van der Waals surface area (Å²) in [4.78, 5) is 0. The Hall–Kier alpha value is 0.250. The zero-order chi connectivity index (χ0) is 10.3. The number of hydrogen-bond acceptors (Lipinski definition) is 1. The summed E-state index contributed by atoms with van der Waals surface area (Å²) in [6.45, 7) is 4.59. The summed E-state index contributed by atoms with van der Waals surface area (Å²) in [7, 11) is 0. The molecule has 0 spiro atoms. The van der Waals surface area contributed by atoms with E-state index in [-0.39, 0.29) is 0 Å². The molecule has 0 aromatic rings. The summed E-state index contributed by atoms with van der Waals surface area (Å²) in [5, 5.41) is 3.53. The van der Waals surface area contributed by atoms with Crippen molar-refractivity contribution in [3.8, 4) is 0 Å². The van der Waals surface area contributed by atoms with Crippen LogP contribution in [0, 0.1) is 5.41 Å². The van der Waals surface area contributed by atoms with Crippen LogP contribution in [0.15, 0.2) is 0 Å². The molecule has 1 saturated carbocycles. The van der Waals surface area contributed by atoms with Gasteiger partial charge in [0.1, 0.15) is 0 Å². The van der Waals surface area contributed by atoms with E-state index < -0.39 is 0 Å². The maximum atomic E-state index is 5.90. The highest BCUT2D eigenvalue weighted by molar-refractivity contribution is 6.18. The Bertz CT molecular complexity index is 143. The number of unbranched alkanes of at least 4 members (excludes halogenated alkanes) is 4. The number of rotatable bonds is 9. The third kappa shape index (κ3) is 4.65. The van der Waals surface area contributed by atoms with Gasteiger partial charge in [-0.1, -0.05) is 32.6 Å². The van der Waals surface area contributed by atoms with Gasteiger partial charge in [-0.25, -0.2) is 0 Å². The lowest BCUT2D eigenvalue weighted by Gasteiger charge is -2.11. The molecule has 1 aliphatic carbocycles. The van der Waals surface area contributed by atoms with Crippen molar-refractivity contribution >= 4 is 11.6 Å². The molecule has 0 atom stereocenters. The fourth-order valence-corrected chi connectivity index (χ4v) is 2.10. The number of hydrogen-bond donors (Lipinski definition) is 1. The number of halogens is 1. The van der Waals surface area contributed by atoms with E-state index in [1.54, 1.807) is 0 Å². The molecule has 1 aliphatic rings. The highest BCUT2D eigenvalue weighted by Crippen LogP contribution is 2.45. The van der Waals surface area contributed by atoms with Crippen LogP contribution in [0.2, 0.25) is 0 Å². The topological polar surface area (TPSA) is 12.0 Å². The normalized spacial score (nSPS) is 18.4. The van der Waals surface area contributed by atoms with Gasteiger partial charge in [0.05, 0.1) is 0 Å². The van der Waals surface area contributed by atoms with Crippen LogP contribution in [-0.4, -0.2) is 19.0 Å². The molecule has 0 unspecified atom stereocenters. The molecule has 0 radical (unpaired) electrons. The van der Waals surface area contributed by atoms with Crippen LogP contribution in [0.5, 0.6) is 0 Å². The fraction of sp³-hybridized carbons (Fsp3) is 1.00. The number of nitrogens with one attached hydrogen (secondary N) is 1. The minimum atomic E-state index is 0.491. The molecule has 1 nitrogen and oxygen atoms in total. The molecule has 14 heavy (non-hydrogen) atoms. The van der Waals surface area contributed by atoms with Crippen LogP contribution in [-0.2, 0) is 0 Å². The SMILES string of the molecule is CCCCCCCNCC1(CCl)CC1. The van der Waals surface area contributed by atoms with Gasteiger partial charge in [0.2, 0.25) is 0 Å². The highest BCUT2D eigenvalue weighted by atomic mass is 35.5. The van der Waals surface area contributed by atoms with Crippen molar-refractivity contribution in [1.82, 2.24) is 5.32 Å². The molecule has 0 bridgehead atoms. The molecule has 0 aromatic heterocycles. The van der Waals surface area contributed by atoms with Crippen molar-refractivity contribution in [3.05, 3.63) is 0 Å². The van der Waals surface area contributed by atoms with Gasteiger partial charge >= 0.3 is 0 Å². The van der Waals surface area contributed by atoms with E-state index >= 15 is 0 Å². The van der Waals surface area contributed by atoms with Crippen molar-refractivity contribution in [2.45, 2.75) is 51.9 Å². The molecular formula is C12H24ClN. The Morgan fingerprint density at radius 3 is 2.43 bits per heavy atom. The van der Waals surface area contributed by atoms with E-state index in [4.69, 9.17) is 11.6 Å². The first-order chi connectivity index (χ1) is 6.83. The van der Waals surface area contributed by atoms with Crippen LogP contribution >= 0.6 is 11.6 Å².